The summed E-state index contributed by atoms with van der Waals surface area (Å²) in [5.74, 6) is 0.209. The van der Waals surface area contributed by atoms with Gasteiger partial charge in [-0.25, -0.2) is 12.7 Å². The Balaban J connectivity index is 2.11. The molecular weight excluding hydrogens is 390 g/mol. The summed E-state index contributed by atoms with van der Waals surface area (Å²) >= 11 is 0. The van der Waals surface area contributed by atoms with Crippen molar-refractivity contribution in [1.82, 2.24) is 9.62 Å². The van der Waals surface area contributed by atoms with Gasteiger partial charge in [0.15, 0.2) is 11.5 Å². The van der Waals surface area contributed by atoms with Crippen molar-refractivity contribution in [2.24, 2.45) is 0 Å². The number of benzene rings is 2. The quantitative estimate of drug-likeness (QED) is 0.647. The van der Waals surface area contributed by atoms with Crippen LogP contribution in [0.4, 0.5) is 8.78 Å². The molecule has 2 aromatic carbocycles. The summed E-state index contributed by atoms with van der Waals surface area (Å²) in [5, 5.41) is 3.17. The van der Waals surface area contributed by atoms with Gasteiger partial charge >= 0.3 is 6.61 Å². The van der Waals surface area contributed by atoms with E-state index in [1.807, 2.05) is 0 Å². The minimum Gasteiger partial charge on any atom is -0.490 e. The zero-order chi connectivity index (χ0) is 20.7. The minimum absolute atomic E-state index is 0.0250. The first-order chi connectivity index (χ1) is 13.3. The first kappa shape index (κ1) is 22.1. The van der Waals surface area contributed by atoms with Crippen LogP contribution in [-0.2, 0) is 23.1 Å². The van der Waals surface area contributed by atoms with Gasteiger partial charge in [-0.3, -0.25) is 0 Å². The molecule has 0 bridgehead atoms. The molecule has 154 valence electrons. The maximum Gasteiger partial charge on any atom is 0.387 e. The van der Waals surface area contributed by atoms with Crippen molar-refractivity contribution in [3.8, 4) is 11.5 Å². The molecule has 0 aromatic heterocycles. The Labute approximate surface area is 164 Å². The van der Waals surface area contributed by atoms with Crippen molar-refractivity contribution in [2.45, 2.75) is 31.5 Å². The number of hydrogen-bond donors (Lipinski definition) is 1. The third kappa shape index (κ3) is 5.63. The van der Waals surface area contributed by atoms with Crippen LogP contribution in [0.1, 0.15) is 18.1 Å². The van der Waals surface area contributed by atoms with Crippen molar-refractivity contribution in [3.63, 3.8) is 0 Å². The van der Waals surface area contributed by atoms with Crippen LogP contribution in [-0.4, -0.2) is 40.0 Å². The van der Waals surface area contributed by atoms with Crippen molar-refractivity contribution >= 4 is 10.0 Å². The lowest BCUT2D eigenvalue weighted by Crippen LogP contribution is -2.24. The van der Waals surface area contributed by atoms with Crippen LogP contribution in [0.3, 0.4) is 0 Å². The van der Waals surface area contributed by atoms with Crippen LogP contribution in [0.5, 0.6) is 11.5 Å². The lowest BCUT2D eigenvalue weighted by atomic mass is 10.2. The fourth-order valence-electron chi connectivity index (χ4n) is 2.56. The second kappa shape index (κ2) is 9.81. The molecule has 1 N–H and O–H groups in total. The molecule has 0 aliphatic rings. The molecule has 0 saturated heterocycles. The zero-order valence-electron chi connectivity index (χ0n) is 16.0. The summed E-state index contributed by atoms with van der Waals surface area (Å²) < 4.78 is 60.8. The SMILES string of the molecule is CCOc1cc(CNCc2ccccc2S(=O)(=O)N(C)C)ccc1OC(F)F. The number of halogens is 2. The molecule has 0 aliphatic carbocycles. The summed E-state index contributed by atoms with van der Waals surface area (Å²) in [6.45, 7) is -0.155. The van der Waals surface area contributed by atoms with Crippen LogP contribution >= 0.6 is 0 Å². The van der Waals surface area contributed by atoms with Gasteiger partial charge in [-0.1, -0.05) is 24.3 Å². The smallest absolute Gasteiger partial charge is 0.387 e. The number of sulfonamides is 1. The Bertz CT molecular complexity index is 889. The molecule has 0 spiro atoms. The third-order valence-electron chi connectivity index (χ3n) is 3.90. The summed E-state index contributed by atoms with van der Waals surface area (Å²) in [5.41, 5.74) is 1.43. The van der Waals surface area contributed by atoms with E-state index < -0.39 is 16.6 Å². The van der Waals surface area contributed by atoms with E-state index in [-0.39, 0.29) is 16.4 Å². The normalized spacial score (nSPS) is 11.8. The standard InChI is InChI=1S/C19H24F2N2O4S/c1-4-26-17-11-14(9-10-16(17)27-19(20)21)12-22-13-15-7-5-6-8-18(15)28(24,25)23(2)3/h5-11,19,22H,4,12-13H2,1-3H3. The topological polar surface area (TPSA) is 67.9 Å². The van der Waals surface area contributed by atoms with Gasteiger partial charge in [-0.15, -0.1) is 0 Å². The maximum atomic E-state index is 12.5. The van der Waals surface area contributed by atoms with Crippen molar-refractivity contribution < 1.29 is 26.7 Å². The van der Waals surface area contributed by atoms with Gasteiger partial charge in [-0.05, 0) is 36.2 Å². The summed E-state index contributed by atoms with van der Waals surface area (Å²) in [7, 11) is -0.580. The number of ether oxygens (including phenoxy) is 2. The van der Waals surface area contributed by atoms with Crippen molar-refractivity contribution in [2.75, 3.05) is 20.7 Å². The lowest BCUT2D eigenvalue weighted by molar-refractivity contribution is -0.0514. The van der Waals surface area contributed by atoms with E-state index in [9.17, 15) is 17.2 Å². The Morgan fingerprint density at radius 3 is 2.43 bits per heavy atom. The van der Waals surface area contributed by atoms with E-state index in [1.54, 1.807) is 43.3 Å². The van der Waals surface area contributed by atoms with E-state index in [0.717, 1.165) is 5.56 Å². The van der Waals surface area contributed by atoms with Gasteiger partial charge < -0.3 is 14.8 Å². The minimum atomic E-state index is -3.55. The van der Waals surface area contributed by atoms with E-state index in [1.165, 1.54) is 24.5 Å². The molecular formula is C19H24F2N2O4S. The van der Waals surface area contributed by atoms with E-state index in [4.69, 9.17) is 4.74 Å². The predicted molar refractivity (Wildman–Crippen MR) is 102 cm³/mol. The largest absolute Gasteiger partial charge is 0.490 e. The number of alkyl halides is 2. The van der Waals surface area contributed by atoms with Crippen LogP contribution in [0.15, 0.2) is 47.4 Å². The van der Waals surface area contributed by atoms with Crippen LogP contribution in [0.2, 0.25) is 0 Å². The highest BCUT2D eigenvalue weighted by atomic mass is 32.2. The summed E-state index contributed by atoms with van der Waals surface area (Å²) in [6, 6.07) is 11.5. The van der Waals surface area contributed by atoms with Gasteiger partial charge in [0, 0.05) is 27.2 Å². The zero-order valence-corrected chi connectivity index (χ0v) is 16.8. The second-order valence-electron chi connectivity index (χ2n) is 6.09. The number of nitrogens with zero attached hydrogens (tertiary/aromatic N) is 1. The second-order valence-corrected chi connectivity index (χ2v) is 8.21. The Morgan fingerprint density at radius 2 is 1.79 bits per heavy atom. The fourth-order valence-corrected chi connectivity index (χ4v) is 3.68. The van der Waals surface area contributed by atoms with E-state index >= 15 is 0 Å². The molecule has 0 amide bonds. The molecule has 2 aromatic rings. The first-order valence-corrected chi connectivity index (χ1v) is 10.1. The van der Waals surface area contributed by atoms with Crippen molar-refractivity contribution in [3.05, 3.63) is 53.6 Å². The summed E-state index contributed by atoms with van der Waals surface area (Å²) in [4.78, 5) is 0.239. The number of hydrogen-bond acceptors (Lipinski definition) is 5. The molecule has 0 saturated carbocycles. The molecule has 9 heteroatoms. The van der Waals surface area contributed by atoms with E-state index in [0.29, 0.717) is 25.3 Å². The predicted octanol–water partition coefficient (Wildman–Crippen LogP) is 3.23. The average Bonchev–Trinajstić information content (AvgIpc) is 2.64. The van der Waals surface area contributed by atoms with Crippen LogP contribution in [0.25, 0.3) is 0 Å². The molecule has 0 heterocycles. The summed E-state index contributed by atoms with van der Waals surface area (Å²) in [6.07, 6.45) is 0. The van der Waals surface area contributed by atoms with Gasteiger partial charge in [0.1, 0.15) is 0 Å². The van der Waals surface area contributed by atoms with Crippen molar-refractivity contribution in [1.29, 1.82) is 0 Å². The number of rotatable bonds is 10. The molecule has 2 rings (SSSR count). The van der Waals surface area contributed by atoms with Gasteiger partial charge in [0.2, 0.25) is 10.0 Å². The number of nitrogens with one attached hydrogen (secondary N) is 1. The monoisotopic (exact) mass is 414 g/mol. The fraction of sp³-hybridized carbons (Fsp3) is 0.368. The highest BCUT2D eigenvalue weighted by Gasteiger charge is 2.20. The highest BCUT2D eigenvalue weighted by molar-refractivity contribution is 7.89. The third-order valence-corrected chi connectivity index (χ3v) is 5.82. The molecule has 0 atom stereocenters. The maximum absolute atomic E-state index is 12.5. The molecule has 0 fully saturated rings. The van der Waals surface area contributed by atoms with Crippen LogP contribution in [0, 0.1) is 0 Å². The molecule has 28 heavy (non-hydrogen) atoms. The molecule has 0 radical (unpaired) electrons. The van der Waals surface area contributed by atoms with Gasteiger partial charge in [0.25, 0.3) is 0 Å². The molecule has 0 unspecified atom stereocenters. The highest BCUT2D eigenvalue weighted by Crippen LogP contribution is 2.30. The van der Waals surface area contributed by atoms with Gasteiger partial charge in [0.05, 0.1) is 11.5 Å². The van der Waals surface area contributed by atoms with E-state index in [2.05, 4.69) is 10.1 Å². The van der Waals surface area contributed by atoms with Crippen LogP contribution < -0.4 is 14.8 Å². The first-order valence-electron chi connectivity index (χ1n) is 8.67. The Morgan fingerprint density at radius 1 is 1.07 bits per heavy atom. The Kier molecular flexibility index (Phi) is 7.73. The lowest BCUT2D eigenvalue weighted by Gasteiger charge is -2.16. The Hall–Kier alpha value is -2.23. The molecule has 6 nitrogen and oxygen atoms in total. The van der Waals surface area contributed by atoms with Gasteiger partial charge in [-0.2, -0.15) is 8.78 Å². The average molecular weight is 414 g/mol. The molecule has 0 aliphatic heterocycles.